The minimum absolute atomic E-state index is 0.223. The molecule has 0 amide bonds. The Bertz CT molecular complexity index is 612. The Hall–Kier alpha value is -1.36. The second-order valence-corrected chi connectivity index (χ2v) is 6.90. The van der Waals surface area contributed by atoms with Gasteiger partial charge >= 0.3 is 0 Å². The lowest BCUT2D eigenvalue weighted by molar-refractivity contribution is 0.572. The molecule has 3 rings (SSSR count). The number of nitrogens with zero attached hydrogens (tertiary/aromatic N) is 1. The molecule has 2 aromatic rings. The van der Waals surface area contributed by atoms with Gasteiger partial charge in [-0.05, 0) is 24.5 Å². The van der Waals surface area contributed by atoms with Gasteiger partial charge in [0.1, 0.15) is 5.82 Å². The smallest absolute Gasteiger partial charge is 0.150 e. The Balaban J connectivity index is 1.81. The van der Waals surface area contributed by atoms with E-state index < -0.39 is 9.84 Å². The summed E-state index contributed by atoms with van der Waals surface area (Å²) in [5.41, 5.74) is 1.96. The molecule has 4 nitrogen and oxygen atoms in total. The number of H-pyrrole nitrogens is 1. The van der Waals surface area contributed by atoms with E-state index in [9.17, 15) is 8.42 Å². The fourth-order valence-corrected chi connectivity index (χ4v) is 4.27. The number of nitrogens with one attached hydrogen (secondary N) is 1. The van der Waals surface area contributed by atoms with Crippen molar-refractivity contribution in [2.24, 2.45) is 5.92 Å². The number of para-hydroxylation sites is 2. The molecule has 1 aliphatic rings. The normalized spacial score (nSPS) is 23.2. The summed E-state index contributed by atoms with van der Waals surface area (Å²) < 4.78 is 22.7. The van der Waals surface area contributed by atoms with E-state index in [1.165, 1.54) is 0 Å². The van der Waals surface area contributed by atoms with Crippen molar-refractivity contribution in [3.63, 3.8) is 0 Å². The minimum Gasteiger partial charge on any atom is -0.342 e. The van der Waals surface area contributed by atoms with E-state index in [4.69, 9.17) is 0 Å². The first-order chi connectivity index (χ1) is 8.12. The summed E-state index contributed by atoms with van der Waals surface area (Å²) >= 11 is 0. The summed E-state index contributed by atoms with van der Waals surface area (Å²) in [5, 5.41) is 0. The van der Waals surface area contributed by atoms with Crippen molar-refractivity contribution in [1.82, 2.24) is 9.97 Å². The summed E-state index contributed by atoms with van der Waals surface area (Å²) in [4.78, 5) is 7.72. The van der Waals surface area contributed by atoms with Gasteiger partial charge in [-0.25, -0.2) is 13.4 Å². The number of fused-ring (bicyclic) bond motifs is 1. The summed E-state index contributed by atoms with van der Waals surface area (Å²) in [7, 11) is -2.79. The topological polar surface area (TPSA) is 62.8 Å². The number of hydrogen-bond donors (Lipinski definition) is 1. The molecular formula is C12H14N2O2S. The summed E-state index contributed by atoms with van der Waals surface area (Å²) in [5.74, 6) is 1.76. The van der Waals surface area contributed by atoms with Crippen LogP contribution in [0.25, 0.3) is 11.0 Å². The van der Waals surface area contributed by atoms with Gasteiger partial charge in [-0.3, -0.25) is 0 Å². The summed E-state index contributed by atoms with van der Waals surface area (Å²) in [6.07, 6.45) is 1.49. The molecule has 1 N–H and O–H groups in total. The van der Waals surface area contributed by atoms with Gasteiger partial charge < -0.3 is 4.98 Å². The van der Waals surface area contributed by atoms with Crippen molar-refractivity contribution in [1.29, 1.82) is 0 Å². The zero-order valence-electron chi connectivity index (χ0n) is 9.39. The van der Waals surface area contributed by atoms with Crippen LogP contribution in [0, 0.1) is 5.92 Å². The minimum atomic E-state index is -2.79. The molecule has 1 aromatic carbocycles. The second kappa shape index (κ2) is 3.84. The molecule has 0 bridgehead atoms. The van der Waals surface area contributed by atoms with Crippen molar-refractivity contribution in [3.8, 4) is 0 Å². The highest BCUT2D eigenvalue weighted by molar-refractivity contribution is 7.91. The van der Waals surface area contributed by atoms with Crippen LogP contribution in [0.2, 0.25) is 0 Å². The Labute approximate surface area is 100.0 Å². The number of hydrogen-bond acceptors (Lipinski definition) is 3. The molecule has 0 saturated carbocycles. The summed E-state index contributed by atoms with van der Waals surface area (Å²) in [6, 6.07) is 7.86. The van der Waals surface area contributed by atoms with Crippen molar-refractivity contribution in [2.75, 3.05) is 11.5 Å². The Morgan fingerprint density at radius 1 is 1.35 bits per heavy atom. The number of benzene rings is 1. The number of aromatic amines is 1. The van der Waals surface area contributed by atoms with E-state index in [-0.39, 0.29) is 5.92 Å². The van der Waals surface area contributed by atoms with Crippen LogP contribution in [0.5, 0.6) is 0 Å². The first kappa shape index (κ1) is 10.8. The number of imidazole rings is 1. The fourth-order valence-electron chi connectivity index (χ4n) is 2.41. The molecule has 17 heavy (non-hydrogen) atoms. The van der Waals surface area contributed by atoms with E-state index >= 15 is 0 Å². The van der Waals surface area contributed by atoms with Crippen LogP contribution in [0.4, 0.5) is 0 Å². The lowest BCUT2D eigenvalue weighted by Gasteiger charge is -2.03. The van der Waals surface area contributed by atoms with Crippen molar-refractivity contribution in [2.45, 2.75) is 12.8 Å². The Morgan fingerprint density at radius 3 is 2.88 bits per heavy atom. The lowest BCUT2D eigenvalue weighted by Crippen LogP contribution is -2.08. The van der Waals surface area contributed by atoms with Gasteiger partial charge in [0.05, 0.1) is 22.5 Å². The molecular weight excluding hydrogens is 236 g/mol. The molecule has 0 radical (unpaired) electrons. The van der Waals surface area contributed by atoms with E-state index in [1.807, 2.05) is 24.3 Å². The quantitative estimate of drug-likeness (QED) is 0.879. The third kappa shape index (κ3) is 2.20. The van der Waals surface area contributed by atoms with Crippen LogP contribution in [0.15, 0.2) is 24.3 Å². The van der Waals surface area contributed by atoms with Crippen LogP contribution in [-0.2, 0) is 16.3 Å². The maximum Gasteiger partial charge on any atom is 0.150 e. The largest absolute Gasteiger partial charge is 0.342 e. The molecule has 0 aliphatic carbocycles. The predicted octanol–water partition coefficient (Wildman–Crippen LogP) is 1.54. The molecule has 90 valence electrons. The van der Waals surface area contributed by atoms with Crippen molar-refractivity contribution in [3.05, 3.63) is 30.1 Å². The zero-order chi connectivity index (χ0) is 11.9. The summed E-state index contributed by atoms with van der Waals surface area (Å²) in [6.45, 7) is 0. The maximum absolute atomic E-state index is 11.4. The molecule has 1 aromatic heterocycles. The Morgan fingerprint density at radius 2 is 2.18 bits per heavy atom. The van der Waals surface area contributed by atoms with Crippen LogP contribution in [-0.4, -0.2) is 29.9 Å². The van der Waals surface area contributed by atoms with Crippen molar-refractivity contribution < 1.29 is 8.42 Å². The molecule has 0 unspecified atom stereocenters. The highest BCUT2D eigenvalue weighted by Gasteiger charge is 2.28. The first-order valence-electron chi connectivity index (χ1n) is 5.76. The molecule has 1 atom stereocenters. The predicted molar refractivity (Wildman–Crippen MR) is 66.6 cm³/mol. The molecule has 1 fully saturated rings. The lowest BCUT2D eigenvalue weighted by atomic mass is 10.1. The number of rotatable bonds is 2. The van der Waals surface area contributed by atoms with Gasteiger partial charge in [-0.1, -0.05) is 12.1 Å². The van der Waals surface area contributed by atoms with Crippen molar-refractivity contribution >= 4 is 20.9 Å². The van der Waals surface area contributed by atoms with Crippen LogP contribution >= 0.6 is 0 Å². The second-order valence-electron chi connectivity index (χ2n) is 4.67. The van der Waals surface area contributed by atoms with Crippen LogP contribution < -0.4 is 0 Å². The monoisotopic (exact) mass is 250 g/mol. The molecule has 0 spiro atoms. The highest BCUT2D eigenvalue weighted by atomic mass is 32.2. The standard InChI is InChI=1S/C12H14N2O2S/c15-17(16)6-5-9(8-17)7-12-13-10-3-1-2-4-11(10)14-12/h1-4,9H,5-8H2,(H,13,14)/t9-/m0/s1. The number of sulfone groups is 1. The fraction of sp³-hybridized carbons (Fsp3) is 0.417. The van der Waals surface area contributed by atoms with Crippen LogP contribution in [0.1, 0.15) is 12.2 Å². The van der Waals surface area contributed by atoms with E-state index in [1.54, 1.807) is 0 Å². The maximum atomic E-state index is 11.4. The van der Waals surface area contributed by atoms with E-state index in [0.717, 1.165) is 29.7 Å². The molecule has 1 saturated heterocycles. The van der Waals surface area contributed by atoms with E-state index in [2.05, 4.69) is 9.97 Å². The van der Waals surface area contributed by atoms with Gasteiger partial charge in [0.2, 0.25) is 0 Å². The average Bonchev–Trinajstić information content (AvgIpc) is 2.81. The Kier molecular flexibility index (Phi) is 2.43. The average molecular weight is 250 g/mol. The van der Waals surface area contributed by atoms with Gasteiger partial charge in [-0.2, -0.15) is 0 Å². The first-order valence-corrected chi connectivity index (χ1v) is 7.58. The van der Waals surface area contributed by atoms with Gasteiger partial charge in [-0.15, -0.1) is 0 Å². The zero-order valence-corrected chi connectivity index (χ0v) is 10.2. The molecule has 5 heteroatoms. The van der Waals surface area contributed by atoms with E-state index in [0.29, 0.717) is 11.5 Å². The third-order valence-corrected chi connectivity index (χ3v) is 5.08. The van der Waals surface area contributed by atoms with Gasteiger partial charge in [0.15, 0.2) is 9.84 Å². The third-order valence-electron chi connectivity index (χ3n) is 3.25. The highest BCUT2D eigenvalue weighted by Crippen LogP contribution is 2.22. The van der Waals surface area contributed by atoms with Gasteiger partial charge in [0, 0.05) is 6.42 Å². The SMILES string of the molecule is O=S1(=O)CC[C@@H](Cc2nc3ccccc3[nH]2)C1. The van der Waals surface area contributed by atoms with Crippen LogP contribution in [0.3, 0.4) is 0 Å². The molecule has 2 heterocycles. The number of aromatic nitrogens is 2. The molecule has 1 aliphatic heterocycles. The van der Waals surface area contributed by atoms with Gasteiger partial charge in [0.25, 0.3) is 0 Å².